The average Bonchev–Trinajstić information content (AvgIpc) is 3.27. The van der Waals surface area contributed by atoms with Crippen LogP contribution < -0.4 is 5.32 Å². The largest absolute Gasteiger partial charge is 0.433 e. The van der Waals surface area contributed by atoms with E-state index in [-0.39, 0.29) is 5.89 Å². The van der Waals surface area contributed by atoms with Crippen molar-refractivity contribution in [2.75, 3.05) is 0 Å². The van der Waals surface area contributed by atoms with Gasteiger partial charge in [-0.15, -0.1) is 0 Å². The van der Waals surface area contributed by atoms with Crippen molar-refractivity contribution in [3.63, 3.8) is 0 Å². The second kappa shape index (κ2) is 6.73. The molecule has 1 aliphatic rings. The fourth-order valence-electron chi connectivity index (χ4n) is 2.78. The minimum absolute atomic E-state index is 0.270. The monoisotopic (exact) mass is 345 g/mol. The van der Waals surface area contributed by atoms with Crippen LogP contribution in [0.25, 0.3) is 0 Å². The minimum atomic E-state index is -0.666. The molecule has 1 fully saturated rings. The third-order valence-electron chi connectivity index (χ3n) is 3.97. The van der Waals surface area contributed by atoms with Gasteiger partial charge in [0.15, 0.2) is 5.82 Å². The summed E-state index contributed by atoms with van der Waals surface area (Å²) in [6.07, 6.45) is -1.18. The van der Waals surface area contributed by atoms with Crippen LogP contribution >= 0.6 is 0 Å². The first-order valence-electron chi connectivity index (χ1n) is 8.13. The maximum atomic E-state index is 11.8. The normalized spacial score (nSPS) is 18.6. The molecular weight excluding hydrogens is 330 g/mol. The van der Waals surface area contributed by atoms with Crippen LogP contribution in [0.2, 0.25) is 0 Å². The number of carbonyl (C=O) groups excluding carboxylic acids is 1. The van der Waals surface area contributed by atoms with Gasteiger partial charge >= 0.3 is 6.09 Å². The first-order chi connectivity index (χ1) is 12.7. The fourth-order valence-corrected chi connectivity index (χ4v) is 2.78. The van der Waals surface area contributed by atoms with Crippen molar-refractivity contribution in [3.05, 3.63) is 83.0 Å². The van der Waals surface area contributed by atoms with Gasteiger partial charge in [0.25, 0.3) is 5.89 Å². The smallest absolute Gasteiger partial charge is 0.408 e. The number of amides is 1. The Morgan fingerprint density at radius 2 is 1.81 bits per heavy atom. The number of aromatic nitrogens is 2. The Balaban J connectivity index is 1.63. The number of rotatable bonds is 2. The molecule has 0 aliphatic carbocycles. The van der Waals surface area contributed by atoms with E-state index in [2.05, 4.69) is 27.3 Å². The quantitative estimate of drug-likeness (QED) is 0.721. The molecule has 1 N–H and O–H groups in total. The number of aryl methyl sites for hydroxylation is 1. The van der Waals surface area contributed by atoms with Gasteiger partial charge in [0, 0.05) is 11.1 Å². The number of nitrogens with one attached hydrogen (secondary N) is 1. The van der Waals surface area contributed by atoms with Crippen LogP contribution in [0.15, 0.2) is 59.1 Å². The van der Waals surface area contributed by atoms with E-state index in [4.69, 9.17) is 9.26 Å². The molecule has 128 valence electrons. The van der Waals surface area contributed by atoms with Crippen LogP contribution in [0, 0.1) is 18.8 Å². The molecule has 1 saturated heterocycles. The number of nitrogens with zero attached hydrogens (tertiary/aromatic N) is 2. The summed E-state index contributed by atoms with van der Waals surface area (Å²) in [6, 6.07) is 17.0. The molecule has 6 nitrogen and oxygen atoms in total. The average molecular weight is 345 g/mol. The van der Waals surface area contributed by atoms with Crippen molar-refractivity contribution < 1.29 is 14.1 Å². The van der Waals surface area contributed by atoms with Gasteiger partial charge in [-0.25, -0.2) is 4.79 Å². The van der Waals surface area contributed by atoms with Crippen molar-refractivity contribution in [2.45, 2.75) is 19.1 Å². The van der Waals surface area contributed by atoms with E-state index < -0.39 is 18.2 Å². The Labute approximate surface area is 150 Å². The molecule has 1 aromatic heterocycles. The zero-order chi connectivity index (χ0) is 17.9. The lowest BCUT2D eigenvalue weighted by atomic mass is 10.00. The third-order valence-corrected chi connectivity index (χ3v) is 3.97. The molecule has 0 bridgehead atoms. The third kappa shape index (κ3) is 3.28. The maximum absolute atomic E-state index is 11.8. The Hall–Kier alpha value is -3.59. The second-order valence-electron chi connectivity index (χ2n) is 5.87. The van der Waals surface area contributed by atoms with Gasteiger partial charge in [0.2, 0.25) is 6.10 Å². The summed E-state index contributed by atoms with van der Waals surface area (Å²) >= 11 is 0. The maximum Gasteiger partial charge on any atom is 0.408 e. The molecule has 0 radical (unpaired) electrons. The van der Waals surface area contributed by atoms with Crippen molar-refractivity contribution >= 4 is 6.09 Å². The van der Waals surface area contributed by atoms with E-state index in [0.29, 0.717) is 5.82 Å². The predicted molar refractivity (Wildman–Crippen MR) is 93.0 cm³/mol. The molecule has 6 heteroatoms. The van der Waals surface area contributed by atoms with E-state index in [1.807, 2.05) is 54.6 Å². The fraction of sp³-hybridized carbons (Fsp3) is 0.150. The highest BCUT2D eigenvalue weighted by Crippen LogP contribution is 2.35. The summed E-state index contributed by atoms with van der Waals surface area (Å²) in [5, 5.41) is 6.56. The van der Waals surface area contributed by atoms with E-state index in [1.165, 1.54) is 0 Å². The highest BCUT2D eigenvalue weighted by molar-refractivity contribution is 5.71. The SMILES string of the molecule is Cc1noc([C@H]2OC(=O)N[C@@H]2c2cccc(C#Cc3ccccc3)c2)n1. The lowest BCUT2D eigenvalue weighted by Gasteiger charge is -2.14. The first-order valence-corrected chi connectivity index (χ1v) is 8.13. The number of hydrogen-bond donors (Lipinski definition) is 1. The Kier molecular flexibility index (Phi) is 4.12. The van der Waals surface area contributed by atoms with Gasteiger partial charge in [-0.3, -0.25) is 0 Å². The lowest BCUT2D eigenvalue weighted by Crippen LogP contribution is -2.19. The zero-order valence-electron chi connectivity index (χ0n) is 14.0. The summed E-state index contributed by atoms with van der Waals surface area (Å²) in [7, 11) is 0. The molecule has 4 rings (SSSR count). The highest BCUT2D eigenvalue weighted by atomic mass is 16.6. The van der Waals surface area contributed by atoms with Gasteiger partial charge < -0.3 is 14.6 Å². The van der Waals surface area contributed by atoms with E-state index >= 15 is 0 Å². The van der Waals surface area contributed by atoms with E-state index in [9.17, 15) is 4.79 Å². The molecule has 3 aromatic rings. The molecule has 26 heavy (non-hydrogen) atoms. The molecule has 1 amide bonds. The molecule has 0 unspecified atom stereocenters. The molecule has 0 saturated carbocycles. The zero-order valence-corrected chi connectivity index (χ0v) is 14.0. The highest BCUT2D eigenvalue weighted by Gasteiger charge is 2.40. The van der Waals surface area contributed by atoms with Crippen LogP contribution in [0.4, 0.5) is 4.79 Å². The molecular formula is C20H15N3O3. The second-order valence-corrected chi connectivity index (χ2v) is 5.87. The summed E-state index contributed by atoms with van der Waals surface area (Å²) in [4.78, 5) is 15.9. The Morgan fingerprint density at radius 3 is 2.58 bits per heavy atom. The van der Waals surface area contributed by atoms with Crippen molar-refractivity contribution in [2.24, 2.45) is 0 Å². The summed E-state index contributed by atoms with van der Waals surface area (Å²) in [5.41, 5.74) is 2.64. The number of alkyl carbamates (subject to hydrolysis) is 1. The number of carbonyl (C=O) groups is 1. The summed E-state index contributed by atoms with van der Waals surface area (Å²) < 4.78 is 10.5. The van der Waals surface area contributed by atoms with Crippen molar-refractivity contribution in [1.29, 1.82) is 0 Å². The van der Waals surface area contributed by atoms with Gasteiger partial charge in [-0.1, -0.05) is 47.3 Å². The Bertz CT molecular complexity index is 1000. The standard InChI is InChI=1S/C20H15N3O3/c1-13-21-19(26-23-13)18-17(22-20(24)25-18)16-9-5-8-15(12-16)11-10-14-6-3-2-4-7-14/h2-9,12,17-18H,1H3,(H,22,24)/t17-,18+/m1/s1. The molecule has 2 heterocycles. The summed E-state index contributed by atoms with van der Waals surface area (Å²) in [5.74, 6) is 7.02. The van der Waals surface area contributed by atoms with Crippen molar-refractivity contribution in [3.8, 4) is 11.8 Å². The Morgan fingerprint density at radius 1 is 1.04 bits per heavy atom. The van der Waals surface area contributed by atoms with E-state index in [0.717, 1.165) is 16.7 Å². The minimum Gasteiger partial charge on any atom is -0.433 e. The number of cyclic esters (lactones) is 1. The van der Waals surface area contributed by atoms with Gasteiger partial charge in [0.05, 0.1) is 0 Å². The molecule has 0 spiro atoms. The van der Waals surface area contributed by atoms with Crippen LogP contribution in [-0.2, 0) is 4.74 Å². The molecule has 2 atom stereocenters. The number of hydrogen-bond acceptors (Lipinski definition) is 5. The van der Waals surface area contributed by atoms with Gasteiger partial charge in [0.1, 0.15) is 6.04 Å². The summed E-state index contributed by atoms with van der Waals surface area (Å²) in [6.45, 7) is 1.71. The van der Waals surface area contributed by atoms with Crippen LogP contribution in [0.1, 0.15) is 40.6 Å². The lowest BCUT2D eigenvalue weighted by molar-refractivity contribution is 0.108. The van der Waals surface area contributed by atoms with E-state index in [1.54, 1.807) is 6.92 Å². The predicted octanol–water partition coefficient (Wildman–Crippen LogP) is 3.30. The van der Waals surface area contributed by atoms with Crippen LogP contribution in [0.3, 0.4) is 0 Å². The van der Waals surface area contributed by atoms with Gasteiger partial charge in [-0.05, 0) is 36.8 Å². The van der Waals surface area contributed by atoms with Crippen LogP contribution in [-0.4, -0.2) is 16.2 Å². The van der Waals surface area contributed by atoms with Crippen molar-refractivity contribution in [1.82, 2.24) is 15.5 Å². The number of benzene rings is 2. The topological polar surface area (TPSA) is 77.2 Å². The number of ether oxygens (including phenoxy) is 1. The molecule has 1 aliphatic heterocycles. The van der Waals surface area contributed by atoms with Crippen LogP contribution in [0.5, 0.6) is 0 Å². The first kappa shape index (κ1) is 15.9. The molecule has 2 aromatic carbocycles. The van der Waals surface area contributed by atoms with Gasteiger partial charge in [-0.2, -0.15) is 4.98 Å².